The van der Waals surface area contributed by atoms with E-state index >= 15 is 0 Å². The molecule has 1 aromatic heterocycles. The highest BCUT2D eigenvalue weighted by atomic mass is 16.2. The first kappa shape index (κ1) is 16.9. The van der Waals surface area contributed by atoms with Crippen molar-refractivity contribution in [2.45, 2.75) is 37.4 Å². The zero-order valence-corrected chi connectivity index (χ0v) is 15.5. The number of carbonyl (C=O) groups is 1. The van der Waals surface area contributed by atoms with Crippen molar-refractivity contribution in [2.75, 3.05) is 0 Å². The number of rotatable bonds is 3. The van der Waals surface area contributed by atoms with Crippen molar-refractivity contribution in [2.24, 2.45) is 0 Å². The molecule has 140 valence electrons. The molecule has 1 fully saturated rings. The van der Waals surface area contributed by atoms with Gasteiger partial charge in [-0.25, -0.2) is 14.8 Å². The maximum Gasteiger partial charge on any atom is 0.318 e. The summed E-state index contributed by atoms with van der Waals surface area (Å²) in [4.78, 5) is 24.1. The van der Waals surface area contributed by atoms with Gasteiger partial charge in [-0.3, -0.25) is 0 Å². The molecule has 5 heteroatoms. The van der Waals surface area contributed by atoms with Crippen LogP contribution in [0.3, 0.4) is 0 Å². The molecule has 1 N–H and O–H groups in total. The summed E-state index contributed by atoms with van der Waals surface area (Å²) in [5.41, 5.74) is 4.35. The van der Waals surface area contributed by atoms with Crippen molar-refractivity contribution in [3.05, 3.63) is 95.6 Å². The third kappa shape index (κ3) is 2.93. The molecule has 2 bridgehead atoms. The van der Waals surface area contributed by atoms with Crippen LogP contribution in [0.4, 0.5) is 4.79 Å². The first-order valence-corrected chi connectivity index (χ1v) is 9.79. The minimum atomic E-state index is -0.178. The lowest BCUT2D eigenvalue weighted by atomic mass is 9.98. The molecule has 5 nitrogen and oxygen atoms in total. The van der Waals surface area contributed by atoms with Gasteiger partial charge in [0, 0.05) is 24.2 Å². The average molecular weight is 370 g/mol. The van der Waals surface area contributed by atoms with E-state index in [0.29, 0.717) is 0 Å². The smallest absolute Gasteiger partial charge is 0.318 e. The number of aromatic nitrogens is 2. The number of nitrogens with zero attached hydrogens (tertiary/aromatic N) is 3. The van der Waals surface area contributed by atoms with Crippen LogP contribution < -0.4 is 5.32 Å². The molecule has 2 atom stereocenters. The molecule has 3 aromatic rings. The molecule has 0 radical (unpaired) electrons. The molecule has 0 spiro atoms. The number of urea groups is 1. The lowest BCUT2D eigenvalue weighted by Gasteiger charge is -2.36. The Hall–Kier alpha value is -3.21. The second-order valence-corrected chi connectivity index (χ2v) is 7.49. The first-order chi connectivity index (χ1) is 13.8. The second kappa shape index (κ2) is 7.08. The molecule has 28 heavy (non-hydrogen) atoms. The van der Waals surface area contributed by atoms with Crippen molar-refractivity contribution in [1.82, 2.24) is 20.2 Å². The molecule has 2 aliphatic rings. The molecule has 2 aliphatic heterocycles. The molecule has 2 amide bonds. The van der Waals surface area contributed by atoms with E-state index in [1.54, 1.807) is 6.33 Å². The van der Waals surface area contributed by atoms with Gasteiger partial charge in [-0.2, -0.15) is 0 Å². The summed E-state index contributed by atoms with van der Waals surface area (Å²) < 4.78 is 0. The largest absolute Gasteiger partial charge is 0.327 e. The predicted molar refractivity (Wildman–Crippen MR) is 107 cm³/mol. The van der Waals surface area contributed by atoms with Crippen LogP contribution in [0.1, 0.15) is 47.3 Å². The minimum Gasteiger partial charge on any atom is -0.327 e. The number of benzene rings is 2. The summed E-state index contributed by atoms with van der Waals surface area (Å²) in [6.45, 7) is 0. The fourth-order valence-corrected chi connectivity index (χ4v) is 4.58. The third-order valence-corrected chi connectivity index (χ3v) is 5.89. The van der Waals surface area contributed by atoms with Crippen LogP contribution in [0, 0.1) is 0 Å². The van der Waals surface area contributed by atoms with E-state index < -0.39 is 0 Å². The van der Waals surface area contributed by atoms with E-state index in [9.17, 15) is 4.79 Å². The summed E-state index contributed by atoms with van der Waals surface area (Å²) in [5, 5.41) is 3.30. The molecule has 5 rings (SSSR count). The Bertz CT molecular complexity index is 937. The van der Waals surface area contributed by atoms with Crippen molar-refractivity contribution in [3.8, 4) is 0 Å². The minimum absolute atomic E-state index is 0.0142. The van der Waals surface area contributed by atoms with Crippen molar-refractivity contribution < 1.29 is 4.79 Å². The van der Waals surface area contributed by atoms with E-state index in [0.717, 1.165) is 41.6 Å². The van der Waals surface area contributed by atoms with E-state index in [2.05, 4.69) is 39.6 Å². The van der Waals surface area contributed by atoms with Crippen molar-refractivity contribution in [3.63, 3.8) is 0 Å². The van der Waals surface area contributed by atoms with Gasteiger partial charge in [0.1, 0.15) is 6.33 Å². The van der Waals surface area contributed by atoms with Gasteiger partial charge in [0.2, 0.25) is 0 Å². The predicted octanol–water partition coefficient (Wildman–Crippen LogP) is 4.04. The zero-order valence-electron chi connectivity index (χ0n) is 15.5. The maximum atomic E-state index is 13.4. The molecule has 1 saturated heterocycles. The fraction of sp³-hybridized carbons (Fsp3) is 0.261. The summed E-state index contributed by atoms with van der Waals surface area (Å²) in [6.07, 6.45) is 6.27. The highest BCUT2D eigenvalue weighted by molar-refractivity contribution is 5.77. The molecule has 0 saturated carbocycles. The fourth-order valence-electron chi connectivity index (χ4n) is 4.58. The topological polar surface area (TPSA) is 58.1 Å². The van der Waals surface area contributed by atoms with E-state index in [-0.39, 0.29) is 24.2 Å². The van der Waals surface area contributed by atoms with E-state index in [1.807, 2.05) is 47.5 Å². The van der Waals surface area contributed by atoms with Crippen molar-refractivity contribution in [1.29, 1.82) is 0 Å². The molecule has 2 aromatic carbocycles. The number of fused-ring (bicyclic) bond motifs is 4. The molecule has 3 heterocycles. The average Bonchev–Trinajstić information content (AvgIpc) is 3.08. The van der Waals surface area contributed by atoms with Gasteiger partial charge in [0.15, 0.2) is 0 Å². The quantitative estimate of drug-likeness (QED) is 0.757. The van der Waals surface area contributed by atoms with Crippen LogP contribution in [0.25, 0.3) is 0 Å². The van der Waals surface area contributed by atoms with Crippen LogP contribution in [0.15, 0.2) is 73.2 Å². The number of hydrogen-bond acceptors (Lipinski definition) is 3. The highest BCUT2D eigenvalue weighted by Crippen LogP contribution is 2.42. The molecule has 2 unspecified atom stereocenters. The Morgan fingerprint density at radius 2 is 1.68 bits per heavy atom. The Morgan fingerprint density at radius 3 is 2.36 bits per heavy atom. The van der Waals surface area contributed by atoms with E-state index in [4.69, 9.17) is 0 Å². The third-order valence-electron chi connectivity index (χ3n) is 5.89. The highest BCUT2D eigenvalue weighted by Gasteiger charge is 2.43. The Balaban J connectivity index is 1.45. The lowest BCUT2D eigenvalue weighted by molar-refractivity contribution is 0.162. The van der Waals surface area contributed by atoms with Crippen LogP contribution in [-0.2, 0) is 6.42 Å². The van der Waals surface area contributed by atoms with Gasteiger partial charge in [-0.1, -0.05) is 60.7 Å². The van der Waals surface area contributed by atoms with Crippen LogP contribution in [0.5, 0.6) is 0 Å². The number of nitrogens with one attached hydrogen (secondary N) is 1. The summed E-state index contributed by atoms with van der Waals surface area (Å²) in [7, 11) is 0. The monoisotopic (exact) mass is 370 g/mol. The Kier molecular flexibility index (Phi) is 4.28. The normalized spacial score (nSPS) is 20.1. The van der Waals surface area contributed by atoms with Gasteiger partial charge < -0.3 is 10.2 Å². The standard InChI is InChI=1S/C23H22N4O/c28-23(27-18-11-12-21(27)19-14-24-15-25-20(19)13-18)26-22(16-7-3-1-4-8-16)17-9-5-2-6-10-17/h1-10,14-15,18,21-22H,11-13H2,(H,26,28). The molecular weight excluding hydrogens is 348 g/mol. The van der Waals surface area contributed by atoms with Crippen LogP contribution >= 0.6 is 0 Å². The van der Waals surface area contributed by atoms with E-state index in [1.165, 1.54) is 0 Å². The van der Waals surface area contributed by atoms with Gasteiger partial charge >= 0.3 is 6.03 Å². The second-order valence-electron chi connectivity index (χ2n) is 7.49. The summed E-state index contributed by atoms with van der Waals surface area (Å²) >= 11 is 0. The maximum absolute atomic E-state index is 13.4. The molecular formula is C23H22N4O. The molecule has 0 aliphatic carbocycles. The number of carbonyl (C=O) groups excluding carboxylic acids is 1. The van der Waals surface area contributed by atoms with Gasteiger partial charge in [0.25, 0.3) is 0 Å². The van der Waals surface area contributed by atoms with Crippen LogP contribution in [-0.4, -0.2) is 26.9 Å². The Labute approximate surface area is 164 Å². The van der Waals surface area contributed by atoms with Gasteiger partial charge in [-0.05, 0) is 24.0 Å². The van der Waals surface area contributed by atoms with Gasteiger partial charge in [-0.15, -0.1) is 0 Å². The zero-order chi connectivity index (χ0) is 18.9. The number of amides is 2. The SMILES string of the molecule is O=C(NC(c1ccccc1)c1ccccc1)N1C2CCC1c1cncnc1C2. The van der Waals surface area contributed by atoms with Crippen LogP contribution in [0.2, 0.25) is 0 Å². The Morgan fingerprint density at radius 1 is 1.00 bits per heavy atom. The van der Waals surface area contributed by atoms with Crippen molar-refractivity contribution >= 4 is 6.03 Å². The summed E-state index contributed by atoms with van der Waals surface area (Å²) in [6, 6.07) is 20.4. The first-order valence-electron chi connectivity index (χ1n) is 9.79. The lowest BCUT2D eigenvalue weighted by Crippen LogP contribution is -2.48. The van der Waals surface area contributed by atoms with Gasteiger partial charge in [0.05, 0.1) is 17.8 Å². The number of hydrogen-bond donors (Lipinski definition) is 1. The summed E-state index contributed by atoms with van der Waals surface area (Å²) in [5.74, 6) is 0.